The Kier molecular flexibility index (Phi) is 3.17. The summed E-state index contributed by atoms with van der Waals surface area (Å²) in [6.07, 6.45) is 0.775. The minimum atomic E-state index is 0.629. The van der Waals surface area contributed by atoms with Crippen LogP contribution in [0.25, 0.3) is 16.7 Å². The third kappa shape index (κ3) is 1.95. The Morgan fingerprint density at radius 2 is 2.10 bits per heavy atom. The van der Waals surface area contributed by atoms with Crippen LogP contribution >= 0.6 is 12.6 Å². The Balaban J connectivity index is 2.25. The van der Waals surface area contributed by atoms with Crippen LogP contribution in [-0.4, -0.2) is 15.0 Å². The second kappa shape index (κ2) is 4.99. The molecule has 1 aromatic heterocycles. The highest BCUT2D eigenvalue weighted by atomic mass is 32.1. The van der Waals surface area contributed by atoms with Crippen molar-refractivity contribution in [3.05, 3.63) is 47.5 Å². The van der Waals surface area contributed by atoms with E-state index in [0.29, 0.717) is 10.5 Å². The van der Waals surface area contributed by atoms with Crippen molar-refractivity contribution >= 4 is 23.7 Å². The lowest BCUT2D eigenvalue weighted by molar-refractivity contribution is 0.819. The third-order valence-electron chi connectivity index (χ3n) is 3.27. The van der Waals surface area contributed by atoms with Crippen LogP contribution in [-0.2, 0) is 6.42 Å². The van der Waals surface area contributed by atoms with Gasteiger partial charge in [-0.2, -0.15) is 5.26 Å². The normalized spacial score (nSPS) is 10.7. The molecule has 0 saturated heterocycles. The number of thiol groups is 1. The van der Waals surface area contributed by atoms with E-state index in [4.69, 9.17) is 0 Å². The molecule has 1 heterocycles. The number of fused-ring (bicyclic) bond motifs is 1. The highest BCUT2D eigenvalue weighted by molar-refractivity contribution is 7.80. The van der Waals surface area contributed by atoms with Gasteiger partial charge < -0.3 is 0 Å². The molecule has 0 spiro atoms. The zero-order valence-electron chi connectivity index (χ0n) is 10.9. The van der Waals surface area contributed by atoms with E-state index in [1.807, 2.05) is 43.3 Å². The van der Waals surface area contributed by atoms with Gasteiger partial charge in [0.2, 0.25) is 0 Å². The van der Waals surface area contributed by atoms with Crippen LogP contribution in [0.15, 0.2) is 41.3 Å². The fourth-order valence-corrected chi connectivity index (χ4v) is 2.58. The highest BCUT2D eigenvalue weighted by Gasteiger charge is 2.11. The summed E-state index contributed by atoms with van der Waals surface area (Å²) in [5.41, 5.74) is 4.25. The van der Waals surface area contributed by atoms with E-state index in [1.165, 1.54) is 0 Å². The minimum absolute atomic E-state index is 0.629. The summed E-state index contributed by atoms with van der Waals surface area (Å²) in [6, 6.07) is 13.8. The summed E-state index contributed by atoms with van der Waals surface area (Å²) in [5, 5.41) is 17.5. The Morgan fingerprint density at radius 1 is 1.30 bits per heavy atom. The molecule has 0 aliphatic heterocycles. The maximum Gasteiger partial charge on any atom is 0.113 e. The molecule has 20 heavy (non-hydrogen) atoms. The Hall–Kier alpha value is -2.32. The zero-order valence-corrected chi connectivity index (χ0v) is 11.8. The molecule has 4 nitrogen and oxygen atoms in total. The van der Waals surface area contributed by atoms with Gasteiger partial charge in [-0.25, -0.2) is 4.68 Å². The molecule has 0 saturated carbocycles. The Labute approximate surface area is 122 Å². The van der Waals surface area contributed by atoms with Crippen molar-refractivity contribution in [2.75, 3.05) is 0 Å². The predicted molar refractivity (Wildman–Crippen MR) is 80.2 cm³/mol. The second-order valence-corrected chi connectivity index (χ2v) is 4.94. The first-order valence-corrected chi connectivity index (χ1v) is 6.76. The van der Waals surface area contributed by atoms with Crippen molar-refractivity contribution in [3.8, 4) is 11.8 Å². The molecule has 3 rings (SSSR count). The molecule has 0 fully saturated rings. The van der Waals surface area contributed by atoms with Crippen LogP contribution < -0.4 is 0 Å². The number of hydrogen-bond acceptors (Lipinski definition) is 4. The molecule has 0 amide bonds. The molecule has 98 valence electrons. The number of nitrogens with zero attached hydrogens (tertiary/aromatic N) is 4. The summed E-state index contributed by atoms with van der Waals surface area (Å²) >= 11 is 4.41. The summed E-state index contributed by atoms with van der Waals surface area (Å²) in [7, 11) is 0. The van der Waals surface area contributed by atoms with Crippen molar-refractivity contribution < 1.29 is 0 Å². The number of aryl methyl sites for hydroxylation is 1. The predicted octanol–water partition coefficient (Wildman–Crippen LogP) is 3.14. The lowest BCUT2D eigenvalue weighted by atomic mass is 10.1. The van der Waals surface area contributed by atoms with Crippen molar-refractivity contribution in [3.63, 3.8) is 0 Å². The SMILES string of the molecule is CCc1cc(-n2nnc3ccccc32)cc(S)c1C#N. The average Bonchev–Trinajstić information content (AvgIpc) is 2.90. The van der Waals surface area contributed by atoms with Gasteiger partial charge in [-0.05, 0) is 36.2 Å². The molecule has 0 unspecified atom stereocenters. The monoisotopic (exact) mass is 280 g/mol. The fraction of sp³-hybridized carbons (Fsp3) is 0.133. The van der Waals surface area contributed by atoms with E-state index in [9.17, 15) is 5.26 Å². The van der Waals surface area contributed by atoms with Gasteiger partial charge in [0.05, 0.1) is 16.8 Å². The van der Waals surface area contributed by atoms with E-state index < -0.39 is 0 Å². The maximum absolute atomic E-state index is 9.19. The van der Waals surface area contributed by atoms with Gasteiger partial charge in [-0.3, -0.25) is 0 Å². The lowest BCUT2D eigenvalue weighted by Crippen LogP contribution is -2.00. The number of nitriles is 1. The molecule has 0 aliphatic rings. The number of benzene rings is 2. The quantitative estimate of drug-likeness (QED) is 0.734. The zero-order chi connectivity index (χ0) is 14.1. The maximum atomic E-state index is 9.19. The minimum Gasteiger partial charge on any atom is -0.213 e. The first-order valence-electron chi connectivity index (χ1n) is 6.31. The van der Waals surface area contributed by atoms with Gasteiger partial charge in [0.25, 0.3) is 0 Å². The highest BCUT2D eigenvalue weighted by Crippen LogP contribution is 2.24. The Morgan fingerprint density at radius 3 is 2.85 bits per heavy atom. The van der Waals surface area contributed by atoms with E-state index in [-0.39, 0.29) is 0 Å². The van der Waals surface area contributed by atoms with Crippen molar-refractivity contribution in [1.82, 2.24) is 15.0 Å². The summed E-state index contributed by atoms with van der Waals surface area (Å²) in [4.78, 5) is 0.668. The van der Waals surface area contributed by atoms with Crippen LogP contribution in [0.4, 0.5) is 0 Å². The van der Waals surface area contributed by atoms with Crippen molar-refractivity contribution in [2.24, 2.45) is 0 Å². The van der Waals surface area contributed by atoms with E-state index in [2.05, 4.69) is 29.0 Å². The molecule has 0 radical (unpaired) electrons. The number of rotatable bonds is 2. The third-order valence-corrected chi connectivity index (χ3v) is 3.63. The second-order valence-electron chi connectivity index (χ2n) is 4.45. The van der Waals surface area contributed by atoms with Crippen LogP contribution in [0.5, 0.6) is 0 Å². The number of para-hydroxylation sites is 1. The van der Waals surface area contributed by atoms with Crippen molar-refractivity contribution in [1.29, 1.82) is 5.26 Å². The average molecular weight is 280 g/mol. The Bertz CT molecular complexity index is 829. The number of hydrogen-bond donors (Lipinski definition) is 1. The van der Waals surface area contributed by atoms with Gasteiger partial charge in [-0.15, -0.1) is 17.7 Å². The smallest absolute Gasteiger partial charge is 0.113 e. The van der Waals surface area contributed by atoms with Crippen LogP contribution in [0.1, 0.15) is 18.1 Å². The topological polar surface area (TPSA) is 54.5 Å². The van der Waals surface area contributed by atoms with Gasteiger partial charge in [0, 0.05) is 4.90 Å². The molecule has 2 aromatic carbocycles. The van der Waals surface area contributed by atoms with Gasteiger partial charge >= 0.3 is 0 Å². The molecule has 0 N–H and O–H groups in total. The number of aromatic nitrogens is 3. The van der Waals surface area contributed by atoms with Crippen LogP contribution in [0.2, 0.25) is 0 Å². The molecule has 0 atom stereocenters. The fourth-order valence-electron chi connectivity index (χ4n) is 2.26. The van der Waals surface area contributed by atoms with Crippen molar-refractivity contribution in [2.45, 2.75) is 18.2 Å². The summed E-state index contributed by atoms with van der Waals surface area (Å²) in [5.74, 6) is 0. The molecule has 3 aromatic rings. The standard InChI is InChI=1S/C15H12N4S/c1-2-10-7-11(8-15(20)12(10)9-16)19-14-6-4-3-5-13(14)17-18-19/h3-8,20H,2H2,1H3. The first-order chi connectivity index (χ1) is 9.74. The molecule has 0 bridgehead atoms. The summed E-state index contributed by atoms with van der Waals surface area (Å²) < 4.78 is 1.77. The van der Waals surface area contributed by atoms with Crippen LogP contribution in [0, 0.1) is 11.3 Å². The van der Waals surface area contributed by atoms with Gasteiger partial charge in [0.15, 0.2) is 0 Å². The summed E-state index contributed by atoms with van der Waals surface area (Å²) in [6.45, 7) is 2.02. The molecule has 0 aliphatic carbocycles. The molecular weight excluding hydrogens is 268 g/mol. The van der Waals surface area contributed by atoms with E-state index in [0.717, 1.165) is 28.7 Å². The van der Waals surface area contributed by atoms with Gasteiger partial charge in [0.1, 0.15) is 11.6 Å². The molecule has 5 heteroatoms. The lowest BCUT2D eigenvalue weighted by Gasteiger charge is -2.09. The van der Waals surface area contributed by atoms with E-state index >= 15 is 0 Å². The van der Waals surface area contributed by atoms with E-state index in [1.54, 1.807) is 4.68 Å². The van der Waals surface area contributed by atoms with Gasteiger partial charge in [-0.1, -0.05) is 24.3 Å². The molecular formula is C15H12N4S. The first kappa shape index (κ1) is 12.7. The van der Waals surface area contributed by atoms with Crippen LogP contribution in [0.3, 0.4) is 0 Å². The largest absolute Gasteiger partial charge is 0.213 e.